The number of hydrogen-bond donors (Lipinski definition) is 1. The molecule has 2 heterocycles. The first-order chi connectivity index (χ1) is 19.7. The summed E-state index contributed by atoms with van der Waals surface area (Å²) in [6.45, 7) is 0.890. The summed E-state index contributed by atoms with van der Waals surface area (Å²) in [6, 6.07) is 5.66. The van der Waals surface area contributed by atoms with Crippen LogP contribution in [0.1, 0.15) is 74.3 Å². The van der Waals surface area contributed by atoms with Crippen LogP contribution in [0.25, 0.3) is 0 Å². The highest BCUT2D eigenvalue weighted by Crippen LogP contribution is 2.55. The number of rotatable bonds is 9. The van der Waals surface area contributed by atoms with E-state index in [2.05, 4.69) is 9.88 Å². The van der Waals surface area contributed by atoms with Gasteiger partial charge in [-0.3, -0.25) is 0 Å². The molecule has 0 spiro atoms. The fourth-order valence-corrected chi connectivity index (χ4v) is 8.68. The third-order valence-corrected chi connectivity index (χ3v) is 11.9. The zero-order valence-corrected chi connectivity index (χ0v) is 25.5. The summed E-state index contributed by atoms with van der Waals surface area (Å²) >= 11 is 1.35. The molecule has 0 saturated heterocycles. The first kappa shape index (κ1) is 30.9. The van der Waals surface area contributed by atoms with E-state index in [4.69, 9.17) is 4.74 Å². The molecule has 8 nitrogen and oxygen atoms in total. The molecule has 1 aliphatic heterocycles. The number of alkyl halides is 3. The van der Waals surface area contributed by atoms with E-state index in [1.165, 1.54) is 35.4 Å². The average molecular weight is 628 g/mol. The van der Waals surface area contributed by atoms with Crippen molar-refractivity contribution in [3.63, 3.8) is 0 Å². The van der Waals surface area contributed by atoms with Gasteiger partial charge in [-0.2, -0.15) is 4.31 Å². The molecule has 3 fully saturated rings. The van der Waals surface area contributed by atoms with Crippen molar-refractivity contribution in [2.24, 2.45) is 0 Å². The Kier molecular flexibility index (Phi) is 8.25. The summed E-state index contributed by atoms with van der Waals surface area (Å²) in [5, 5.41) is 9.51. The summed E-state index contributed by atoms with van der Waals surface area (Å²) in [6.07, 6.45) is 5.49. The minimum Gasteiger partial charge on any atom is -0.488 e. The van der Waals surface area contributed by atoms with E-state index in [1.54, 1.807) is 18.2 Å². The number of thioether (sulfide) groups is 1. The summed E-state index contributed by atoms with van der Waals surface area (Å²) in [5.74, 6) is -3.91. The predicted octanol–water partition coefficient (Wildman–Crippen LogP) is 6.14. The van der Waals surface area contributed by atoms with Gasteiger partial charge < -0.3 is 14.7 Å². The molecule has 3 saturated carbocycles. The Morgan fingerprint density at radius 1 is 1.21 bits per heavy atom. The van der Waals surface area contributed by atoms with Crippen LogP contribution in [-0.2, 0) is 16.6 Å². The number of carbonyl (C=O) groups is 1. The smallest absolute Gasteiger partial charge is 0.354 e. The number of fused-ring (bicyclic) bond motifs is 4. The van der Waals surface area contributed by atoms with Gasteiger partial charge in [0.25, 0.3) is 0 Å². The molecule has 2 aromatic rings. The molecule has 6 rings (SSSR count). The number of benzene rings is 1. The summed E-state index contributed by atoms with van der Waals surface area (Å²) in [4.78, 5) is 18.2. The minimum absolute atomic E-state index is 0.00904. The van der Waals surface area contributed by atoms with Crippen LogP contribution in [-0.4, -0.2) is 71.8 Å². The number of carboxylic acid groups (broad SMARTS) is 1. The zero-order chi connectivity index (χ0) is 30.5. The van der Waals surface area contributed by atoms with Gasteiger partial charge in [0, 0.05) is 49.4 Å². The Morgan fingerprint density at radius 3 is 2.48 bits per heavy atom. The number of nitrogens with zero attached hydrogens (tertiary/aromatic N) is 3. The monoisotopic (exact) mass is 627 g/mol. The van der Waals surface area contributed by atoms with Crippen molar-refractivity contribution in [2.45, 2.75) is 97.9 Å². The highest BCUT2D eigenvalue weighted by atomic mass is 32.2. The van der Waals surface area contributed by atoms with Gasteiger partial charge in [-0.25, -0.2) is 31.4 Å². The molecule has 13 heteroatoms. The third kappa shape index (κ3) is 5.84. The second kappa shape index (κ2) is 11.2. The molecule has 3 aliphatic carbocycles. The lowest BCUT2D eigenvalue weighted by atomic mass is 9.63. The maximum absolute atomic E-state index is 15.2. The van der Waals surface area contributed by atoms with Crippen molar-refractivity contribution in [3.05, 3.63) is 41.7 Å². The molecule has 4 aliphatic rings. The fraction of sp³-hybridized carbons (Fsp3) is 0.586. The summed E-state index contributed by atoms with van der Waals surface area (Å²) in [5.41, 5.74) is -1.06. The van der Waals surface area contributed by atoms with Gasteiger partial charge in [-0.05, 0) is 70.3 Å². The van der Waals surface area contributed by atoms with Crippen LogP contribution in [0, 0.1) is 0 Å². The van der Waals surface area contributed by atoms with Gasteiger partial charge in [0.15, 0.2) is 5.69 Å². The van der Waals surface area contributed by atoms with Crippen molar-refractivity contribution < 1.29 is 36.2 Å². The topological polar surface area (TPSA) is 100 Å². The Labute approximate surface area is 248 Å². The average Bonchev–Trinajstić information content (AvgIpc) is 3.03. The second-order valence-electron chi connectivity index (χ2n) is 11.8. The highest BCUT2D eigenvalue weighted by Gasteiger charge is 2.54. The molecular formula is C29H36F3N3O5S2. The Hall–Kier alpha value is -2.51. The number of pyridine rings is 1. The molecule has 0 radical (unpaired) electrons. The summed E-state index contributed by atoms with van der Waals surface area (Å²) < 4.78 is 78.6. The van der Waals surface area contributed by atoms with Gasteiger partial charge in [-0.1, -0.05) is 6.07 Å². The van der Waals surface area contributed by atoms with Crippen LogP contribution in [0.3, 0.4) is 0 Å². The molecule has 230 valence electrons. The fourth-order valence-electron chi connectivity index (χ4n) is 6.57. The molecule has 1 aromatic carbocycles. The Balaban J connectivity index is 1.59. The number of aromatic nitrogens is 1. The maximum atomic E-state index is 15.2. The van der Waals surface area contributed by atoms with Crippen molar-refractivity contribution in [1.29, 1.82) is 0 Å². The van der Waals surface area contributed by atoms with E-state index in [0.717, 1.165) is 6.92 Å². The maximum Gasteiger partial charge on any atom is 0.354 e. The molecule has 1 aromatic heterocycles. The predicted molar refractivity (Wildman–Crippen MR) is 154 cm³/mol. The summed E-state index contributed by atoms with van der Waals surface area (Å²) in [7, 11) is -2.73. The van der Waals surface area contributed by atoms with Gasteiger partial charge in [0.1, 0.15) is 22.9 Å². The Morgan fingerprint density at radius 2 is 1.88 bits per heavy atom. The van der Waals surface area contributed by atoms with E-state index < -0.39 is 45.6 Å². The number of anilines is 1. The van der Waals surface area contributed by atoms with Crippen molar-refractivity contribution in [1.82, 2.24) is 9.29 Å². The van der Waals surface area contributed by atoms with Crippen LogP contribution < -0.4 is 9.64 Å². The number of carboxylic acids is 1. The highest BCUT2D eigenvalue weighted by molar-refractivity contribution is 7.98. The molecule has 2 bridgehead atoms. The number of halogens is 3. The number of likely N-dealkylation sites (N-methyl/N-ethyl adjacent to an activating group) is 1. The number of aromatic carboxylic acids is 1. The number of ether oxygens (including phenoxy) is 1. The van der Waals surface area contributed by atoms with Crippen LogP contribution in [0.4, 0.5) is 18.9 Å². The first-order valence-electron chi connectivity index (χ1n) is 14.0. The number of hydrogen-bond acceptors (Lipinski definition) is 7. The van der Waals surface area contributed by atoms with Crippen molar-refractivity contribution in [3.8, 4) is 5.75 Å². The third-order valence-electron chi connectivity index (χ3n) is 9.18. The second-order valence-corrected chi connectivity index (χ2v) is 14.7. The van der Waals surface area contributed by atoms with Crippen molar-refractivity contribution >= 4 is 33.4 Å². The van der Waals surface area contributed by atoms with E-state index in [-0.39, 0.29) is 35.9 Å². The van der Waals surface area contributed by atoms with E-state index in [0.29, 0.717) is 54.7 Å². The van der Waals surface area contributed by atoms with Crippen molar-refractivity contribution in [2.75, 3.05) is 24.7 Å². The molecule has 0 amide bonds. The van der Waals surface area contributed by atoms with Gasteiger partial charge >= 0.3 is 5.97 Å². The van der Waals surface area contributed by atoms with Crippen LogP contribution in [0.15, 0.2) is 40.3 Å². The SMILES string of the molecule is CSc1cc2c(cc1OCc1cccnc1C(=O)O)S(=O)(=O)N(C)[C@H](CCC(C)(F)F)CN2C12CCC(F)(CC1)CC2. The first-order valence-corrected chi connectivity index (χ1v) is 16.7. The van der Waals surface area contributed by atoms with E-state index in [1.807, 2.05) is 6.26 Å². The Bertz CT molecular complexity index is 1440. The van der Waals surface area contributed by atoms with Gasteiger partial charge in [-0.15, -0.1) is 11.8 Å². The zero-order valence-electron chi connectivity index (χ0n) is 23.9. The lowest BCUT2D eigenvalue weighted by molar-refractivity contribution is -0.00104. The molecular weight excluding hydrogens is 591 g/mol. The number of sulfonamides is 1. The molecule has 1 N–H and O–H groups in total. The van der Waals surface area contributed by atoms with Crippen LogP contribution >= 0.6 is 11.8 Å². The molecule has 42 heavy (non-hydrogen) atoms. The minimum atomic E-state index is -4.15. The van der Waals surface area contributed by atoms with E-state index in [9.17, 15) is 27.1 Å². The molecule has 1 atom stereocenters. The quantitative estimate of drug-likeness (QED) is 0.331. The van der Waals surface area contributed by atoms with Crippen LogP contribution in [0.5, 0.6) is 5.75 Å². The lowest BCUT2D eigenvalue weighted by Crippen LogP contribution is -2.60. The normalized spacial score (nSPS) is 27.4. The van der Waals surface area contributed by atoms with Gasteiger partial charge in [0.05, 0.1) is 10.6 Å². The van der Waals surface area contributed by atoms with Crippen LogP contribution in [0.2, 0.25) is 0 Å². The lowest BCUT2D eigenvalue weighted by Gasteiger charge is -2.56. The standard InChI is InChI=1S/C29H36F3N3O5S2/c1-27(30,31)7-6-20-17-35(29-11-8-28(32,9-12-29)10-13-29)21-15-23(41-3)22(16-24(21)42(38,39)34(20)2)40-18-19-5-4-14-33-25(19)26(36)37/h4-5,14-16,20H,6-13,17-18H2,1-3H3,(H,36,37)/t20-,28?,29?/m1/s1. The largest absolute Gasteiger partial charge is 0.488 e. The van der Waals surface area contributed by atoms with Gasteiger partial charge in [0.2, 0.25) is 15.9 Å². The van der Waals surface area contributed by atoms with E-state index >= 15 is 4.39 Å². The molecule has 0 unspecified atom stereocenters.